The van der Waals surface area contributed by atoms with Crippen molar-refractivity contribution in [1.29, 1.82) is 0 Å². The zero-order valence-electron chi connectivity index (χ0n) is 15.1. The van der Waals surface area contributed by atoms with Crippen molar-refractivity contribution in [3.63, 3.8) is 0 Å². The van der Waals surface area contributed by atoms with Crippen LogP contribution in [-0.2, 0) is 13.6 Å². The number of aryl methyl sites for hydroxylation is 1. The van der Waals surface area contributed by atoms with Crippen molar-refractivity contribution in [3.05, 3.63) is 35.0 Å². The van der Waals surface area contributed by atoms with E-state index < -0.39 is 0 Å². The van der Waals surface area contributed by atoms with Gasteiger partial charge in [-0.25, -0.2) is 4.98 Å². The number of halogens is 2. The predicted octanol–water partition coefficient (Wildman–Crippen LogP) is 1.73. The van der Waals surface area contributed by atoms with E-state index in [1.165, 1.54) is 0 Å². The normalized spacial score (nSPS) is 17.2. The molecule has 0 amide bonds. The van der Waals surface area contributed by atoms with Gasteiger partial charge in [0, 0.05) is 39.4 Å². The number of hydrogen-bond acceptors (Lipinski definition) is 5. The van der Waals surface area contributed by atoms with Crippen LogP contribution < -0.4 is 15.5 Å². The minimum atomic E-state index is 0. The molecule has 0 aromatic carbocycles. The van der Waals surface area contributed by atoms with Gasteiger partial charge in [0.05, 0.1) is 11.6 Å². The van der Waals surface area contributed by atoms with Gasteiger partial charge in [-0.15, -0.1) is 34.2 Å². The first-order valence-corrected chi connectivity index (χ1v) is 8.63. The van der Waals surface area contributed by atoms with Gasteiger partial charge in [0.1, 0.15) is 11.6 Å². The minimum Gasteiger partial charge on any atom is -0.353 e. The Balaban J connectivity index is 0.00000243. The van der Waals surface area contributed by atoms with Crippen LogP contribution in [0.15, 0.2) is 23.3 Å². The third-order valence-electron chi connectivity index (χ3n) is 4.39. The molecule has 1 atom stereocenters. The average molecular weight is 491 g/mol. The number of pyridine rings is 1. The molecule has 0 bridgehead atoms. The van der Waals surface area contributed by atoms with E-state index in [4.69, 9.17) is 11.6 Å². The van der Waals surface area contributed by atoms with Gasteiger partial charge in [-0.3, -0.25) is 4.99 Å². The van der Waals surface area contributed by atoms with E-state index >= 15 is 0 Å². The molecule has 1 aliphatic heterocycles. The van der Waals surface area contributed by atoms with Crippen molar-refractivity contribution in [1.82, 2.24) is 30.4 Å². The smallest absolute Gasteiger partial charge is 0.191 e. The molecular weight excluding hydrogens is 467 g/mol. The summed E-state index contributed by atoms with van der Waals surface area (Å²) in [7, 11) is 3.72. The molecule has 2 aromatic rings. The van der Waals surface area contributed by atoms with Crippen molar-refractivity contribution in [2.24, 2.45) is 12.0 Å². The number of nitrogens with zero attached hydrogens (tertiary/aromatic N) is 6. The molecule has 2 N–H and O–H groups in total. The Labute approximate surface area is 175 Å². The fourth-order valence-corrected chi connectivity index (χ4v) is 3.08. The summed E-state index contributed by atoms with van der Waals surface area (Å²) < 4.78 is 1.96. The minimum absolute atomic E-state index is 0. The predicted molar refractivity (Wildman–Crippen MR) is 114 cm³/mol. The number of hydrogen-bond donors (Lipinski definition) is 2. The van der Waals surface area contributed by atoms with Crippen molar-refractivity contribution in [2.45, 2.75) is 25.9 Å². The molecule has 26 heavy (non-hydrogen) atoms. The fraction of sp³-hybridized carbons (Fsp3) is 0.500. The molecule has 142 valence electrons. The Bertz CT molecular complexity index is 762. The lowest BCUT2D eigenvalue weighted by Crippen LogP contribution is -2.44. The van der Waals surface area contributed by atoms with Crippen LogP contribution in [0.25, 0.3) is 0 Å². The Morgan fingerprint density at radius 1 is 1.42 bits per heavy atom. The first-order chi connectivity index (χ1) is 12.1. The van der Waals surface area contributed by atoms with Crippen LogP contribution in [0.3, 0.4) is 0 Å². The third-order valence-corrected chi connectivity index (χ3v) is 4.68. The molecule has 3 rings (SSSR count). The number of aromatic nitrogens is 4. The van der Waals surface area contributed by atoms with Gasteiger partial charge >= 0.3 is 0 Å². The highest BCUT2D eigenvalue weighted by molar-refractivity contribution is 14.0. The van der Waals surface area contributed by atoms with E-state index in [-0.39, 0.29) is 30.0 Å². The van der Waals surface area contributed by atoms with Crippen LogP contribution in [0.5, 0.6) is 0 Å². The summed E-state index contributed by atoms with van der Waals surface area (Å²) >= 11 is 6.24. The summed E-state index contributed by atoms with van der Waals surface area (Å²) in [6.07, 6.45) is 2.77. The monoisotopic (exact) mass is 490 g/mol. The van der Waals surface area contributed by atoms with Gasteiger partial charge in [-0.05, 0) is 25.5 Å². The fourth-order valence-electron chi connectivity index (χ4n) is 2.84. The summed E-state index contributed by atoms with van der Waals surface area (Å²) in [6, 6.07) is 4.00. The van der Waals surface area contributed by atoms with Gasteiger partial charge in [0.25, 0.3) is 0 Å². The van der Waals surface area contributed by atoms with Gasteiger partial charge in [0.2, 0.25) is 0 Å². The standard InChI is InChI=1S/C16H23ClN8.HI/c1-11-22-23-14(24(11)3)9-20-16(18-2)21-12-6-8-25(10-12)15-13(17)5-4-7-19-15;/h4-5,7,12H,6,8-10H2,1-3H3,(H2,18,20,21);1H. The highest BCUT2D eigenvalue weighted by Crippen LogP contribution is 2.25. The van der Waals surface area contributed by atoms with Gasteiger partial charge in [-0.2, -0.15) is 0 Å². The maximum Gasteiger partial charge on any atom is 0.191 e. The molecule has 1 unspecified atom stereocenters. The van der Waals surface area contributed by atoms with E-state index in [1.807, 2.05) is 30.7 Å². The first kappa shape index (κ1) is 20.7. The summed E-state index contributed by atoms with van der Waals surface area (Å²) in [6.45, 7) is 4.24. The summed E-state index contributed by atoms with van der Waals surface area (Å²) in [5.74, 6) is 3.35. The summed E-state index contributed by atoms with van der Waals surface area (Å²) in [4.78, 5) is 10.9. The number of rotatable bonds is 4. The maximum absolute atomic E-state index is 6.24. The summed E-state index contributed by atoms with van der Waals surface area (Å²) in [5, 5.41) is 15.6. The van der Waals surface area contributed by atoms with E-state index in [9.17, 15) is 0 Å². The second kappa shape index (κ2) is 9.36. The molecule has 1 aliphatic rings. The molecule has 1 fully saturated rings. The zero-order chi connectivity index (χ0) is 17.8. The number of anilines is 1. The Hall–Kier alpha value is -1.62. The van der Waals surface area contributed by atoms with Crippen molar-refractivity contribution < 1.29 is 0 Å². The quantitative estimate of drug-likeness (QED) is 0.386. The van der Waals surface area contributed by atoms with E-state index in [1.54, 1.807) is 13.2 Å². The van der Waals surface area contributed by atoms with Crippen LogP contribution in [0.4, 0.5) is 5.82 Å². The largest absolute Gasteiger partial charge is 0.353 e. The summed E-state index contributed by atoms with van der Waals surface area (Å²) in [5.41, 5.74) is 0. The van der Waals surface area contributed by atoms with Crippen molar-refractivity contribution in [2.75, 3.05) is 25.0 Å². The molecule has 3 heterocycles. The lowest BCUT2D eigenvalue weighted by Gasteiger charge is -2.20. The molecule has 0 saturated carbocycles. The molecule has 8 nitrogen and oxygen atoms in total. The first-order valence-electron chi connectivity index (χ1n) is 8.26. The molecular formula is C16H24ClIN8. The van der Waals surface area contributed by atoms with E-state index in [0.29, 0.717) is 11.6 Å². The third kappa shape index (κ3) is 4.76. The molecule has 1 saturated heterocycles. The maximum atomic E-state index is 6.24. The van der Waals surface area contributed by atoms with E-state index in [2.05, 4.69) is 35.7 Å². The number of aliphatic imine (C=N–C) groups is 1. The van der Waals surface area contributed by atoms with Gasteiger partial charge in [0.15, 0.2) is 11.8 Å². The lowest BCUT2D eigenvalue weighted by molar-refractivity contribution is 0.639. The second-order valence-electron chi connectivity index (χ2n) is 6.03. The van der Waals surface area contributed by atoms with Crippen molar-refractivity contribution in [3.8, 4) is 0 Å². The van der Waals surface area contributed by atoms with Crippen LogP contribution in [0.1, 0.15) is 18.1 Å². The molecule has 0 aliphatic carbocycles. The second-order valence-corrected chi connectivity index (χ2v) is 6.44. The van der Waals surface area contributed by atoms with E-state index in [0.717, 1.165) is 42.9 Å². The highest BCUT2D eigenvalue weighted by Gasteiger charge is 2.25. The number of guanidine groups is 1. The Kier molecular flexibility index (Phi) is 7.44. The zero-order valence-corrected chi connectivity index (χ0v) is 18.2. The molecule has 2 aromatic heterocycles. The lowest BCUT2D eigenvalue weighted by atomic mass is 10.3. The molecule has 10 heteroatoms. The van der Waals surface area contributed by atoms with Gasteiger partial charge < -0.3 is 20.1 Å². The topological polar surface area (TPSA) is 83.3 Å². The average Bonchev–Trinajstić information content (AvgIpc) is 3.20. The van der Waals surface area contributed by atoms with Crippen LogP contribution in [-0.4, -0.2) is 51.9 Å². The van der Waals surface area contributed by atoms with Gasteiger partial charge in [-0.1, -0.05) is 11.6 Å². The van der Waals surface area contributed by atoms with Crippen LogP contribution in [0.2, 0.25) is 5.02 Å². The van der Waals surface area contributed by atoms with Crippen LogP contribution in [0, 0.1) is 6.92 Å². The molecule has 0 spiro atoms. The molecule has 0 radical (unpaired) electrons. The SMILES string of the molecule is CN=C(NCc1nnc(C)n1C)NC1CCN(c2ncccc2Cl)C1.I. The highest BCUT2D eigenvalue weighted by atomic mass is 127. The Morgan fingerprint density at radius 2 is 2.23 bits per heavy atom. The Morgan fingerprint density at radius 3 is 2.88 bits per heavy atom. The van der Waals surface area contributed by atoms with Crippen molar-refractivity contribution >= 4 is 47.4 Å². The number of nitrogens with one attached hydrogen (secondary N) is 2. The van der Waals surface area contributed by atoms with Crippen LogP contribution >= 0.6 is 35.6 Å².